The van der Waals surface area contributed by atoms with E-state index in [2.05, 4.69) is 32.0 Å². The molecule has 1 N–H and O–H groups in total. The van der Waals surface area contributed by atoms with Crippen molar-refractivity contribution >= 4 is 50.2 Å². The zero-order valence-electron chi connectivity index (χ0n) is 7.96. The van der Waals surface area contributed by atoms with Crippen LogP contribution in [0, 0.1) is 0 Å². The van der Waals surface area contributed by atoms with E-state index in [-0.39, 0.29) is 6.04 Å². The molecule has 0 aliphatic rings. The van der Waals surface area contributed by atoms with Gasteiger partial charge in [-0.1, -0.05) is 11.6 Å². The second-order valence-corrected chi connectivity index (χ2v) is 5.98. The Hall–Kier alpha value is 0.130. The number of nitrogens with one attached hydrogen (secondary N) is 1. The van der Waals surface area contributed by atoms with E-state index < -0.39 is 0 Å². The van der Waals surface area contributed by atoms with E-state index in [1.807, 2.05) is 18.5 Å². The molecule has 5 heteroatoms. The van der Waals surface area contributed by atoms with E-state index in [0.717, 1.165) is 9.50 Å². The lowest BCUT2D eigenvalue weighted by molar-refractivity contribution is 0.704. The van der Waals surface area contributed by atoms with Gasteiger partial charge in [-0.25, -0.2) is 0 Å². The first-order chi connectivity index (χ1) is 7.24. The summed E-state index contributed by atoms with van der Waals surface area (Å²) in [7, 11) is 1.95. The van der Waals surface area contributed by atoms with E-state index in [1.54, 1.807) is 22.7 Å². The molecule has 0 radical (unpaired) electrons. The molecular weight excluding hydrogens is 314 g/mol. The van der Waals surface area contributed by atoms with Crippen LogP contribution in [-0.4, -0.2) is 7.05 Å². The van der Waals surface area contributed by atoms with Gasteiger partial charge in [0.25, 0.3) is 0 Å². The molecule has 1 atom stereocenters. The van der Waals surface area contributed by atoms with Crippen LogP contribution >= 0.6 is 50.2 Å². The third kappa shape index (κ3) is 2.29. The second-order valence-electron chi connectivity index (χ2n) is 3.03. The van der Waals surface area contributed by atoms with Crippen LogP contribution < -0.4 is 5.32 Å². The molecule has 1 nitrogen and oxygen atoms in total. The minimum Gasteiger partial charge on any atom is -0.309 e. The Bertz CT molecular complexity index is 411. The summed E-state index contributed by atoms with van der Waals surface area (Å²) in [6, 6.07) is 2.12. The zero-order valence-corrected chi connectivity index (χ0v) is 11.9. The van der Waals surface area contributed by atoms with Gasteiger partial charge in [-0.2, -0.15) is 11.3 Å². The van der Waals surface area contributed by atoms with Crippen molar-refractivity contribution in [1.29, 1.82) is 0 Å². The average molecular weight is 323 g/mol. The Morgan fingerprint density at radius 1 is 1.47 bits per heavy atom. The summed E-state index contributed by atoms with van der Waals surface area (Å²) in [6.45, 7) is 0. The van der Waals surface area contributed by atoms with Crippen LogP contribution in [0.4, 0.5) is 0 Å². The smallest absolute Gasteiger partial charge is 0.0702 e. The molecule has 0 saturated heterocycles. The van der Waals surface area contributed by atoms with E-state index >= 15 is 0 Å². The largest absolute Gasteiger partial charge is 0.309 e. The molecule has 2 heterocycles. The van der Waals surface area contributed by atoms with E-state index in [9.17, 15) is 0 Å². The number of hydrogen-bond acceptors (Lipinski definition) is 3. The van der Waals surface area contributed by atoms with Crippen LogP contribution in [0.2, 0.25) is 5.02 Å². The average Bonchev–Trinajstić information content (AvgIpc) is 2.80. The minimum atomic E-state index is 0.179. The molecule has 0 bridgehead atoms. The monoisotopic (exact) mass is 321 g/mol. The molecule has 2 aromatic heterocycles. The van der Waals surface area contributed by atoms with Gasteiger partial charge in [-0.15, -0.1) is 11.3 Å². The Labute approximate surface area is 110 Å². The zero-order chi connectivity index (χ0) is 10.8. The Morgan fingerprint density at radius 3 is 2.73 bits per heavy atom. The van der Waals surface area contributed by atoms with E-state index in [0.29, 0.717) is 0 Å². The molecule has 2 aromatic rings. The fourth-order valence-electron chi connectivity index (χ4n) is 1.44. The van der Waals surface area contributed by atoms with Crippen LogP contribution in [0.15, 0.2) is 26.7 Å². The maximum absolute atomic E-state index is 6.14. The molecule has 0 saturated carbocycles. The maximum Gasteiger partial charge on any atom is 0.0702 e. The molecule has 80 valence electrons. The van der Waals surface area contributed by atoms with Crippen molar-refractivity contribution < 1.29 is 0 Å². The predicted octanol–water partition coefficient (Wildman–Crippen LogP) is 4.53. The van der Waals surface area contributed by atoms with Crippen molar-refractivity contribution in [2.45, 2.75) is 6.04 Å². The van der Waals surface area contributed by atoms with Crippen LogP contribution in [0.25, 0.3) is 0 Å². The van der Waals surface area contributed by atoms with Crippen molar-refractivity contribution in [3.63, 3.8) is 0 Å². The molecule has 0 aliphatic carbocycles. The van der Waals surface area contributed by atoms with Gasteiger partial charge < -0.3 is 5.32 Å². The van der Waals surface area contributed by atoms with Crippen molar-refractivity contribution in [2.24, 2.45) is 0 Å². The summed E-state index contributed by atoms with van der Waals surface area (Å²) in [5.74, 6) is 0. The first-order valence-corrected chi connectivity index (χ1v) is 7.35. The molecule has 0 spiro atoms. The lowest BCUT2D eigenvalue weighted by Crippen LogP contribution is -2.16. The molecule has 2 rings (SSSR count). The molecular formula is C10H9BrClNS2. The number of thiophene rings is 2. The standard InChI is InChI=1S/C10H9BrClNS2/c1-13-9(6-4-14-5-7(6)11)10-8(12)2-3-15-10/h2-5,9,13H,1H3. The van der Waals surface area contributed by atoms with Gasteiger partial charge in [0.05, 0.1) is 11.1 Å². The lowest BCUT2D eigenvalue weighted by atomic mass is 10.1. The Morgan fingerprint density at radius 2 is 2.27 bits per heavy atom. The minimum absolute atomic E-state index is 0.179. The van der Waals surface area contributed by atoms with E-state index in [1.165, 1.54) is 10.4 Å². The summed E-state index contributed by atoms with van der Waals surface area (Å²) >= 11 is 13.1. The summed E-state index contributed by atoms with van der Waals surface area (Å²) < 4.78 is 1.14. The SMILES string of the molecule is CNC(c1cscc1Br)c1sccc1Cl. The summed E-state index contributed by atoms with van der Waals surface area (Å²) in [6.07, 6.45) is 0. The van der Waals surface area contributed by atoms with Gasteiger partial charge in [-0.05, 0) is 45.4 Å². The Balaban J connectivity index is 2.41. The highest BCUT2D eigenvalue weighted by Crippen LogP contribution is 2.37. The quantitative estimate of drug-likeness (QED) is 0.875. The van der Waals surface area contributed by atoms with Gasteiger partial charge in [-0.3, -0.25) is 0 Å². The molecule has 0 aliphatic heterocycles. The van der Waals surface area contributed by atoms with Gasteiger partial charge in [0, 0.05) is 14.7 Å². The molecule has 1 unspecified atom stereocenters. The third-order valence-corrected chi connectivity index (χ3v) is 5.32. The van der Waals surface area contributed by atoms with E-state index in [4.69, 9.17) is 11.6 Å². The van der Waals surface area contributed by atoms with Crippen molar-refractivity contribution in [2.75, 3.05) is 7.05 Å². The summed E-state index contributed by atoms with van der Waals surface area (Å²) in [5, 5.41) is 10.4. The van der Waals surface area contributed by atoms with Crippen LogP contribution in [0.1, 0.15) is 16.5 Å². The van der Waals surface area contributed by atoms with Crippen LogP contribution in [0.5, 0.6) is 0 Å². The summed E-state index contributed by atoms with van der Waals surface area (Å²) in [5.41, 5.74) is 1.24. The third-order valence-electron chi connectivity index (χ3n) is 2.15. The lowest BCUT2D eigenvalue weighted by Gasteiger charge is -2.14. The second kappa shape index (κ2) is 4.97. The van der Waals surface area contributed by atoms with Gasteiger partial charge in [0.1, 0.15) is 0 Å². The summed E-state index contributed by atoms with van der Waals surface area (Å²) in [4.78, 5) is 1.17. The fraction of sp³-hybridized carbons (Fsp3) is 0.200. The molecule has 0 aromatic carbocycles. The maximum atomic E-state index is 6.14. The first kappa shape index (κ1) is 11.6. The van der Waals surface area contributed by atoms with Crippen molar-refractivity contribution in [1.82, 2.24) is 5.32 Å². The van der Waals surface area contributed by atoms with Gasteiger partial charge in [0.2, 0.25) is 0 Å². The highest BCUT2D eigenvalue weighted by molar-refractivity contribution is 9.10. The number of hydrogen-bond donors (Lipinski definition) is 1. The van der Waals surface area contributed by atoms with Gasteiger partial charge >= 0.3 is 0 Å². The van der Waals surface area contributed by atoms with Crippen LogP contribution in [0.3, 0.4) is 0 Å². The van der Waals surface area contributed by atoms with Gasteiger partial charge in [0.15, 0.2) is 0 Å². The highest BCUT2D eigenvalue weighted by atomic mass is 79.9. The molecule has 0 fully saturated rings. The number of rotatable bonds is 3. The Kier molecular flexibility index (Phi) is 3.85. The highest BCUT2D eigenvalue weighted by Gasteiger charge is 2.19. The number of halogens is 2. The first-order valence-electron chi connectivity index (χ1n) is 4.35. The van der Waals surface area contributed by atoms with Crippen LogP contribution in [-0.2, 0) is 0 Å². The molecule has 0 amide bonds. The predicted molar refractivity (Wildman–Crippen MR) is 72.3 cm³/mol. The normalized spacial score (nSPS) is 13.0. The molecule has 15 heavy (non-hydrogen) atoms. The van der Waals surface area contributed by atoms with Crippen molar-refractivity contribution in [3.8, 4) is 0 Å². The van der Waals surface area contributed by atoms with Crippen molar-refractivity contribution in [3.05, 3.63) is 42.1 Å². The fourth-order valence-corrected chi connectivity index (χ4v) is 4.28. The topological polar surface area (TPSA) is 12.0 Å².